The van der Waals surface area contributed by atoms with E-state index in [0.717, 1.165) is 40.9 Å². The monoisotopic (exact) mass is 436 g/mol. The number of pyridine rings is 1. The lowest BCUT2D eigenvalue weighted by molar-refractivity contribution is -0.153. The Bertz CT molecular complexity index is 1110. The van der Waals surface area contributed by atoms with Crippen molar-refractivity contribution in [1.29, 1.82) is 0 Å². The van der Waals surface area contributed by atoms with Gasteiger partial charge in [0.25, 0.3) is 5.56 Å². The third-order valence-electron chi connectivity index (χ3n) is 3.84. The molecule has 0 amide bonds. The average Bonchev–Trinajstić information content (AvgIpc) is 2.66. The predicted octanol–water partition coefficient (Wildman–Crippen LogP) is 4.63. The smallest absolute Gasteiger partial charge is 0.434 e. The van der Waals surface area contributed by atoms with Gasteiger partial charge < -0.3 is 9.47 Å². The number of halogens is 7. The second-order valence-electron chi connectivity index (χ2n) is 5.91. The van der Waals surface area contributed by atoms with Gasteiger partial charge in [-0.1, -0.05) is 12.1 Å². The minimum absolute atomic E-state index is 0.128. The molecule has 0 saturated carbocycles. The fraction of sp³-hybridized carbons (Fsp3) is 0.222. The van der Waals surface area contributed by atoms with Crippen LogP contribution in [0.3, 0.4) is 0 Å². The van der Waals surface area contributed by atoms with Crippen molar-refractivity contribution in [3.8, 4) is 22.6 Å². The average molecular weight is 436 g/mol. The van der Waals surface area contributed by atoms with Crippen LogP contribution in [0.4, 0.5) is 30.7 Å². The molecule has 12 heteroatoms. The Balaban J connectivity index is 2.11. The summed E-state index contributed by atoms with van der Waals surface area (Å²) in [7, 11) is 0. The van der Waals surface area contributed by atoms with Gasteiger partial charge in [-0.15, -0.1) is 0 Å². The van der Waals surface area contributed by atoms with Crippen molar-refractivity contribution in [3.05, 3.63) is 58.6 Å². The fourth-order valence-corrected chi connectivity index (χ4v) is 2.62. The molecule has 0 N–H and O–H groups in total. The molecule has 2 aromatic heterocycles. The standard InChI is InChI=1S/C18H11F7N2O3/c19-9-30-12-5-6-27-13(7-12)26-15(18(23,24)25)14(16(27)28)10-1-3-11(4-2-10)29-8-17(20,21)22/h1-7H,8-9H2. The third-order valence-corrected chi connectivity index (χ3v) is 3.84. The van der Waals surface area contributed by atoms with E-state index in [4.69, 9.17) is 0 Å². The van der Waals surface area contributed by atoms with Gasteiger partial charge in [-0.05, 0) is 23.8 Å². The molecule has 2 heterocycles. The summed E-state index contributed by atoms with van der Waals surface area (Å²) in [5, 5.41) is 0. The molecule has 0 atom stereocenters. The van der Waals surface area contributed by atoms with Crippen LogP contribution < -0.4 is 15.0 Å². The van der Waals surface area contributed by atoms with Gasteiger partial charge in [0, 0.05) is 12.3 Å². The zero-order valence-corrected chi connectivity index (χ0v) is 14.7. The second-order valence-corrected chi connectivity index (χ2v) is 5.91. The van der Waals surface area contributed by atoms with Crippen molar-refractivity contribution in [3.63, 3.8) is 0 Å². The molecule has 0 radical (unpaired) electrons. The number of hydrogen-bond acceptors (Lipinski definition) is 4. The highest BCUT2D eigenvalue weighted by Gasteiger charge is 2.38. The van der Waals surface area contributed by atoms with Crippen molar-refractivity contribution < 1.29 is 40.2 Å². The topological polar surface area (TPSA) is 52.8 Å². The predicted molar refractivity (Wildman–Crippen MR) is 90.1 cm³/mol. The van der Waals surface area contributed by atoms with Gasteiger partial charge in [-0.2, -0.15) is 26.3 Å². The highest BCUT2D eigenvalue weighted by molar-refractivity contribution is 5.68. The van der Waals surface area contributed by atoms with Crippen molar-refractivity contribution in [1.82, 2.24) is 9.38 Å². The number of alkyl halides is 7. The molecule has 0 bridgehead atoms. The van der Waals surface area contributed by atoms with E-state index in [-0.39, 0.29) is 17.1 Å². The molecule has 0 aliphatic rings. The summed E-state index contributed by atoms with van der Waals surface area (Å²) in [4.78, 5) is 16.2. The van der Waals surface area contributed by atoms with Gasteiger partial charge in [0.1, 0.15) is 17.1 Å². The van der Waals surface area contributed by atoms with E-state index in [2.05, 4.69) is 14.5 Å². The molecule has 0 aliphatic heterocycles. The maximum atomic E-state index is 13.6. The molecule has 0 spiro atoms. The van der Waals surface area contributed by atoms with Gasteiger partial charge in [-0.3, -0.25) is 9.20 Å². The summed E-state index contributed by atoms with van der Waals surface area (Å²) in [5.41, 5.74) is -4.04. The minimum atomic E-state index is -5.02. The van der Waals surface area contributed by atoms with Gasteiger partial charge in [0.05, 0.1) is 5.56 Å². The molecule has 0 aliphatic carbocycles. The number of aromatic nitrogens is 2. The molecular formula is C18H11F7N2O3. The Morgan fingerprint density at radius 3 is 2.17 bits per heavy atom. The maximum absolute atomic E-state index is 13.6. The molecule has 3 aromatic rings. The first kappa shape index (κ1) is 21.4. The molecule has 3 rings (SSSR count). The summed E-state index contributed by atoms with van der Waals surface area (Å²) >= 11 is 0. The molecule has 0 unspecified atom stereocenters. The largest absolute Gasteiger partial charge is 0.484 e. The number of benzene rings is 1. The number of fused-ring (bicyclic) bond motifs is 1. The first-order valence-electron chi connectivity index (χ1n) is 8.12. The number of ether oxygens (including phenoxy) is 2. The first-order chi connectivity index (χ1) is 14.0. The van der Waals surface area contributed by atoms with Gasteiger partial charge in [0.15, 0.2) is 12.3 Å². The highest BCUT2D eigenvalue weighted by atomic mass is 19.4. The molecule has 0 saturated heterocycles. The minimum Gasteiger partial charge on any atom is -0.484 e. The molecule has 0 fully saturated rings. The van der Waals surface area contributed by atoms with Crippen molar-refractivity contribution in [2.24, 2.45) is 0 Å². The number of rotatable bonds is 5. The Hall–Kier alpha value is -3.31. The highest BCUT2D eigenvalue weighted by Crippen LogP contribution is 2.35. The van der Waals surface area contributed by atoms with E-state index in [0.29, 0.717) is 0 Å². The van der Waals surface area contributed by atoms with E-state index in [1.165, 1.54) is 6.07 Å². The SMILES string of the molecule is O=c1c(-c2ccc(OCC(F)(F)F)cc2)c(C(F)(F)F)nc2cc(OCF)ccn12. The molecule has 1 aromatic carbocycles. The van der Waals surface area contributed by atoms with Gasteiger partial charge in [0.2, 0.25) is 6.86 Å². The lowest BCUT2D eigenvalue weighted by Gasteiger charge is -2.14. The van der Waals surface area contributed by atoms with Crippen LogP contribution in [0, 0.1) is 0 Å². The lowest BCUT2D eigenvalue weighted by Crippen LogP contribution is -2.24. The Morgan fingerprint density at radius 2 is 1.60 bits per heavy atom. The van der Waals surface area contributed by atoms with Gasteiger partial charge >= 0.3 is 12.4 Å². The zero-order valence-electron chi connectivity index (χ0n) is 14.7. The van der Waals surface area contributed by atoms with Crippen molar-refractivity contribution >= 4 is 5.65 Å². The number of nitrogens with zero attached hydrogens (tertiary/aromatic N) is 2. The van der Waals surface area contributed by atoms with Crippen LogP contribution in [0.15, 0.2) is 47.4 Å². The summed E-state index contributed by atoms with van der Waals surface area (Å²) < 4.78 is 99.5. The second kappa shape index (κ2) is 7.84. The molecule has 30 heavy (non-hydrogen) atoms. The lowest BCUT2D eigenvalue weighted by atomic mass is 10.0. The van der Waals surface area contributed by atoms with Crippen LogP contribution >= 0.6 is 0 Å². The Kier molecular flexibility index (Phi) is 5.59. The first-order valence-corrected chi connectivity index (χ1v) is 8.12. The van der Waals surface area contributed by atoms with Crippen LogP contribution in [0.25, 0.3) is 16.8 Å². The Labute approximate surface area is 163 Å². The van der Waals surface area contributed by atoms with E-state index < -0.39 is 48.3 Å². The number of hydrogen-bond donors (Lipinski definition) is 0. The van der Waals surface area contributed by atoms with E-state index in [1.54, 1.807) is 0 Å². The molecule has 160 valence electrons. The normalized spacial score (nSPS) is 12.2. The van der Waals surface area contributed by atoms with Crippen LogP contribution in [0.5, 0.6) is 11.5 Å². The summed E-state index contributed by atoms with van der Waals surface area (Å²) in [6.45, 7) is -2.81. The van der Waals surface area contributed by atoms with E-state index >= 15 is 0 Å². The van der Waals surface area contributed by atoms with E-state index in [1.807, 2.05) is 0 Å². The maximum Gasteiger partial charge on any atom is 0.434 e. The van der Waals surface area contributed by atoms with Crippen molar-refractivity contribution in [2.45, 2.75) is 12.4 Å². The quantitative estimate of drug-likeness (QED) is 0.548. The van der Waals surface area contributed by atoms with Gasteiger partial charge in [-0.25, -0.2) is 9.37 Å². The van der Waals surface area contributed by atoms with E-state index in [9.17, 15) is 35.5 Å². The zero-order chi connectivity index (χ0) is 22.1. The molecular weight excluding hydrogens is 425 g/mol. The van der Waals surface area contributed by atoms with Crippen molar-refractivity contribution in [2.75, 3.05) is 13.5 Å². The Morgan fingerprint density at radius 1 is 0.933 bits per heavy atom. The summed E-state index contributed by atoms with van der Waals surface area (Å²) in [6, 6.07) is 6.19. The third kappa shape index (κ3) is 4.63. The van der Waals surface area contributed by atoms with Crippen LogP contribution in [-0.2, 0) is 6.18 Å². The van der Waals surface area contributed by atoms with Crippen LogP contribution in [0.2, 0.25) is 0 Å². The fourth-order valence-electron chi connectivity index (χ4n) is 2.62. The summed E-state index contributed by atoms with van der Waals surface area (Å²) in [6.07, 6.45) is -8.54. The molecule has 5 nitrogen and oxygen atoms in total. The van der Waals surface area contributed by atoms with Crippen LogP contribution in [0.1, 0.15) is 5.69 Å². The summed E-state index contributed by atoms with van der Waals surface area (Å²) in [5.74, 6) is -0.372. The van der Waals surface area contributed by atoms with Crippen LogP contribution in [-0.4, -0.2) is 29.0 Å².